The van der Waals surface area contributed by atoms with Gasteiger partial charge in [0.05, 0.1) is 0 Å². The second-order valence-electron chi connectivity index (χ2n) is 5.62. The molecule has 0 saturated heterocycles. The Morgan fingerprint density at radius 2 is 2.05 bits per heavy atom. The minimum atomic E-state index is -0.00731. The van der Waals surface area contributed by atoms with Crippen LogP contribution in [0.1, 0.15) is 27.9 Å². The van der Waals surface area contributed by atoms with E-state index >= 15 is 0 Å². The molecule has 108 valence electrons. The van der Waals surface area contributed by atoms with Gasteiger partial charge in [0.2, 0.25) is 0 Å². The van der Waals surface area contributed by atoms with E-state index in [4.69, 9.17) is 0 Å². The van der Waals surface area contributed by atoms with E-state index in [-0.39, 0.29) is 5.91 Å². The van der Waals surface area contributed by atoms with Gasteiger partial charge in [-0.3, -0.25) is 4.79 Å². The highest BCUT2D eigenvalue weighted by molar-refractivity contribution is 5.94. The Bertz CT molecular complexity index is 637. The van der Waals surface area contributed by atoms with Crippen LogP contribution >= 0.6 is 0 Å². The Morgan fingerprint density at radius 1 is 1.24 bits per heavy atom. The molecule has 1 aliphatic heterocycles. The summed E-state index contributed by atoms with van der Waals surface area (Å²) in [4.78, 5) is 12.0. The highest BCUT2D eigenvalue weighted by Gasteiger charge is 2.18. The standard InChI is InChI=1S/C18H20N2O/c1-13-7-10-17-15(11-13)8-9-16(20-17)12-19-18(21)14-5-3-2-4-6-14/h2-7,10-11,16,20H,8-9,12H2,1H3,(H,19,21)/t16-/m0/s1. The smallest absolute Gasteiger partial charge is 0.251 e. The Labute approximate surface area is 125 Å². The number of hydrogen-bond acceptors (Lipinski definition) is 2. The number of rotatable bonds is 3. The molecular formula is C18H20N2O. The number of anilines is 1. The molecule has 3 heteroatoms. The van der Waals surface area contributed by atoms with Crippen LogP contribution < -0.4 is 10.6 Å². The lowest BCUT2D eigenvalue weighted by Crippen LogP contribution is -2.38. The Kier molecular flexibility index (Phi) is 3.91. The first-order valence-electron chi connectivity index (χ1n) is 7.42. The van der Waals surface area contributed by atoms with E-state index in [2.05, 4.69) is 35.8 Å². The number of fused-ring (bicyclic) bond motifs is 1. The van der Waals surface area contributed by atoms with Gasteiger partial charge in [0.1, 0.15) is 0 Å². The molecule has 0 radical (unpaired) electrons. The summed E-state index contributed by atoms with van der Waals surface area (Å²) in [5, 5.41) is 6.53. The van der Waals surface area contributed by atoms with Gasteiger partial charge < -0.3 is 10.6 Å². The van der Waals surface area contributed by atoms with Gasteiger partial charge in [-0.05, 0) is 43.5 Å². The predicted molar refractivity (Wildman–Crippen MR) is 85.7 cm³/mol. The average molecular weight is 280 g/mol. The molecule has 0 aliphatic carbocycles. The maximum Gasteiger partial charge on any atom is 0.251 e. The number of nitrogens with one attached hydrogen (secondary N) is 2. The van der Waals surface area contributed by atoms with Crippen molar-refractivity contribution < 1.29 is 4.79 Å². The summed E-state index contributed by atoms with van der Waals surface area (Å²) in [6.07, 6.45) is 2.11. The molecule has 0 saturated carbocycles. The SMILES string of the molecule is Cc1ccc2c(c1)CC[C@@H](CNC(=O)c1ccccc1)N2. The van der Waals surface area contributed by atoms with Gasteiger partial charge in [-0.1, -0.05) is 35.9 Å². The minimum absolute atomic E-state index is 0.00731. The lowest BCUT2D eigenvalue weighted by atomic mass is 9.96. The number of hydrogen-bond donors (Lipinski definition) is 2. The zero-order chi connectivity index (χ0) is 14.7. The van der Waals surface area contributed by atoms with Crippen molar-refractivity contribution in [3.63, 3.8) is 0 Å². The Hall–Kier alpha value is -2.29. The molecule has 2 aromatic carbocycles. The van der Waals surface area contributed by atoms with Crippen molar-refractivity contribution in [2.75, 3.05) is 11.9 Å². The van der Waals surface area contributed by atoms with Crippen molar-refractivity contribution in [1.82, 2.24) is 5.32 Å². The Morgan fingerprint density at radius 3 is 2.86 bits per heavy atom. The number of aryl methyl sites for hydroxylation is 2. The zero-order valence-corrected chi connectivity index (χ0v) is 12.2. The lowest BCUT2D eigenvalue weighted by Gasteiger charge is -2.27. The molecule has 21 heavy (non-hydrogen) atoms. The van der Waals surface area contributed by atoms with E-state index in [0.717, 1.165) is 12.8 Å². The summed E-state index contributed by atoms with van der Waals surface area (Å²) in [5.74, 6) is -0.00731. The van der Waals surface area contributed by atoms with E-state index in [0.29, 0.717) is 18.2 Å². The average Bonchev–Trinajstić information content (AvgIpc) is 2.53. The van der Waals surface area contributed by atoms with Gasteiger partial charge in [-0.2, -0.15) is 0 Å². The van der Waals surface area contributed by atoms with Crippen molar-refractivity contribution in [3.05, 3.63) is 65.2 Å². The monoisotopic (exact) mass is 280 g/mol. The highest BCUT2D eigenvalue weighted by Crippen LogP contribution is 2.25. The van der Waals surface area contributed by atoms with Gasteiger partial charge in [0, 0.05) is 23.8 Å². The molecule has 3 rings (SSSR count). The fourth-order valence-electron chi connectivity index (χ4n) is 2.75. The molecule has 0 aromatic heterocycles. The molecule has 1 amide bonds. The molecule has 0 unspecified atom stereocenters. The fourth-order valence-corrected chi connectivity index (χ4v) is 2.75. The highest BCUT2D eigenvalue weighted by atomic mass is 16.1. The van der Waals surface area contributed by atoms with Crippen LogP contribution in [0.15, 0.2) is 48.5 Å². The second-order valence-corrected chi connectivity index (χ2v) is 5.62. The first-order valence-corrected chi connectivity index (χ1v) is 7.42. The van der Waals surface area contributed by atoms with Crippen molar-refractivity contribution in [2.24, 2.45) is 0 Å². The maximum atomic E-state index is 12.0. The molecule has 0 spiro atoms. The van der Waals surface area contributed by atoms with Gasteiger partial charge in [-0.25, -0.2) is 0 Å². The number of benzene rings is 2. The van der Waals surface area contributed by atoms with Crippen molar-refractivity contribution in [3.8, 4) is 0 Å². The van der Waals surface area contributed by atoms with E-state index in [1.165, 1.54) is 16.8 Å². The third-order valence-electron chi connectivity index (χ3n) is 3.93. The summed E-state index contributed by atoms with van der Waals surface area (Å²) in [6.45, 7) is 2.77. The first-order chi connectivity index (χ1) is 10.2. The zero-order valence-electron chi connectivity index (χ0n) is 12.2. The predicted octanol–water partition coefficient (Wildman–Crippen LogP) is 3.15. The fraction of sp³-hybridized carbons (Fsp3) is 0.278. The van der Waals surface area contributed by atoms with E-state index < -0.39 is 0 Å². The van der Waals surface area contributed by atoms with E-state index in [9.17, 15) is 4.79 Å². The molecule has 1 heterocycles. The van der Waals surface area contributed by atoms with Crippen LogP contribution in [0.25, 0.3) is 0 Å². The lowest BCUT2D eigenvalue weighted by molar-refractivity contribution is 0.0951. The molecule has 0 fully saturated rings. The topological polar surface area (TPSA) is 41.1 Å². The molecule has 1 atom stereocenters. The van der Waals surface area contributed by atoms with Crippen LogP contribution in [0, 0.1) is 6.92 Å². The third-order valence-corrected chi connectivity index (χ3v) is 3.93. The third kappa shape index (κ3) is 3.24. The van der Waals surface area contributed by atoms with Gasteiger partial charge in [0.15, 0.2) is 0 Å². The van der Waals surface area contributed by atoms with Gasteiger partial charge >= 0.3 is 0 Å². The van der Waals surface area contributed by atoms with Crippen LogP contribution in [-0.4, -0.2) is 18.5 Å². The number of carbonyl (C=O) groups is 1. The maximum absolute atomic E-state index is 12.0. The first kappa shape index (κ1) is 13.7. The van der Waals surface area contributed by atoms with Crippen LogP contribution in [0.3, 0.4) is 0 Å². The molecule has 2 N–H and O–H groups in total. The second kappa shape index (κ2) is 6.00. The molecule has 1 aliphatic rings. The van der Waals surface area contributed by atoms with Crippen molar-refractivity contribution >= 4 is 11.6 Å². The van der Waals surface area contributed by atoms with Crippen molar-refractivity contribution in [2.45, 2.75) is 25.8 Å². The van der Waals surface area contributed by atoms with Gasteiger partial charge in [-0.15, -0.1) is 0 Å². The minimum Gasteiger partial charge on any atom is -0.380 e. The number of amides is 1. The molecule has 2 aromatic rings. The van der Waals surface area contributed by atoms with Crippen molar-refractivity contribution in [1.29, 1.82) is 0 Å². The molecular weight excluding hydrogens is 260 g/mol. The largest absolute Gasteiger partial charge is 0.380 e. The summed E-state index contributed by atoms with van der Waals surface area (Å²) < 4.78 is 0. The quantitative estimate of drug-likeness (QED) is 0.907. The Balaban J connectivity index is 1.58. The van der Waals surface area contributed by atoms with E-state index in [1.54, 1.807) is 0 Å². The number of carbonyl (C=O) groups excluding carboxylic acids is 1. The molecule has 0 bridgehead atoms. The summed E-state index contributed by atoms with van der Waals surface area (Å²) >= 11 is 0. The normalized spacial score (nSPS) is 16.7. The summed E-state index contributed by atoms with van der Waals surface area (Å²) in [7, 11) is 0. The molecule has 3 nitrogen and oxygen atoms in total. The van der Waals surface area contributed by atoms with E-state index in [1.807, 2.05) is 30.3 Å². The van der Waals surface area contributed by atoms with Gasteiger partial charge in [0.25, 0.3) is 5.91 Å². The summed E-state index contributed by atoms with van der Waals surface area (Å²) in [5.41, 5.74) is 4.59. The van der Waals surface area contributed by atoms with Crippen LogP contribution in [0.5, 0.6) is 0 Å². The van der Waals surface area contributed by atoms with Crippen LogP contribution in [-0.2, 0) is 6.42 Å². The summed E-state index contributed by atoms with van der Waals surface area (Å²) in [6, 6.07) is 16.1. The van der Waals surface area contributed by atoms with Crippen LogP contribution in [0.2, 0.25) is 0 Å². The van der Waals surface area contributed by atoms with Crippen LogP contribution in [0.4, 0.5) is 5.69 Å².